The molecule has 2 saturated heterocycles. The number of morpholine rings is 1. The molecule has 25 heavy (non-hydrogen) atoms. The SMILES string of the molecule is CC(=O)N1CCO[C@H](C(=O)Nc2cnccc2N2CCN(C)CC2)C1. The third-order valence-electron chi connectivity index (χ3n) is 4.70. The molecule has 1 N–H and O–H groups in total. The quantitative estimate of drug-likeness (QED) is 0.831. The first-order valence-electron chi connectivity index (χ1n) is 8.60. The average molecular weight is 347 g/mol. The van der Waals surface area contributed by atoms with E-state index >= 15 is 0 Å². The highest BCUT2D eigenvalue weighted by atomic mass is 16.5. The summed E-state index contributed by atoms with van der Waals surface area (Å²) in [6, 6.07) is 1.92. The third-order valence-corrected chi connectivity index (χ3v) is 4.70. The van der Waals surface area contributed by atoms with Crippen molar-refractivity contribution < 1.29 is 14.3 Å². The summed E-state index contributed by atoms with van der Waals surface area (Å²) in [6.45, 7) is 6.46. The van der Waals surface area contributed by atoms with Crippen LogP contribution in [0.5, 0.6) is 0 Å². The molecule has 3 heterocycles. The highest BCUT2D eigenvalue weighted by Gasteiger charge is 2.29. The van der Waals surface area contributed by atoms with Crippen molar-refractivity contribution in [2.24, 2.45) is 0 Å². The van der Waals surface area contributed by atoms with Crippen molar-refractivity contribution >= 4 is 23.2 Å². The number of hydrogen-bond donors (Lipinski definition) is 1. The van der Waals surface area contributed by atoms with E-state index in [1.807, 2.05) is 6.07 Å². The van der Waals surface area contributed by atoms with Gasteiger partial charge in [-0.05, 0) is 13.1 Å². The van der Waals surface area contributed by atoms with Crippen LogP contribution >= 0.6 is 0 Å². The lowest BCUT2D eigenvalue weighted by Gasteiger charge is -2.35. The third kappa shape index (κ3) is 4.26. The lowest BCUT2D eigenvalue weighted by Crippen LogP contribution is -2.49. The van der Waals surface area contributed by atoms with E-state index in [4.69, 9.17) is 4.74 Å². The summed E-state index contributed by atoms with van der Waals surface area (Å²) in [5.74, 6) is -0.282. The largest absolute Gasteiger partial charge is 0.367 e. The number of amides is 2. The molecule has 136 valence electrons. The molecular weight excluding hydrogens is 322 g/mol. The molecule has 2 amide bonds. The zero-order valence-electron chi connectivity index (χ0n) is 14.8. The predicted octanol–water partition coefficient (Wildman–Crippen LogP) is 0.0192. The van der Waals surface area contributed by atoms with Crippen LogP contribution in [-0.4, -0.2) is 85.6 Å². The maximum atomic E-state index is 12.6. The normalized spacial score (nSPS) is 21.9. The van der Waals surface area contributed by atoms with E-state index in [2.05, 4.69) is 27.1 Å². The summed E-state index contributed by atoms with van der Waals surface area (Å²) in [4.78, 5) is 34.4. The van der Waals surface area contributed by atoms with Crippen molar-refractivity contribution in [1.82, 2.24) is 14.8 Å². The first-order chi connectivity index (χ1) is 12.0. The first-order valence-corrected chi connectivity index (χ1v) is 8.60. The summed E-state index contributed by atoms with van der Waals surface area (Å²) in [7, 11) is 2.10. The molecule has 1 aromatic heterocycles. The molecule has 2 fully saturated rings. The highest BCUT2D eigenvalue weighted by molar-refractivity contribution is 5.97. The molecule has 2 aliphatic rings. The molecule has 0 radical (unpaired) electrons. The summed E-state index contributed by atoms with van der Waals surface area (Å²) in [5, 5.41) is 2.93. The summed E-state index contributed by atoms with van der Waals surface area (Å²) < 4.78 is 5.55. The molecule has 0 bridgehead atoms. The van der Waals surface area contributed by atoms with Crippen LogP contribution < -0.4 is 10.2 Å². The number of anilines is 2. The summed E-state index contributed by atoms with van der Waals surface area (Å²) in [6.07, 6.45) is 2.74. The van der Waals surface area contributed by atoms with E-state index in [1.165, 1.54) is 6.92 Å². The molecule has 1 atom stereocenters. The van der Waals surface area contributed by atoms with Crippen molar-refractivity contribution in [3.05, 3.63) is 18.5 Å². The van der Waals surface area contributed by atoms with E-state index in [9.17, 15) is 9.59 Å². The molecule has 8 nitrogen and oxygen atoms in total. The average Bonchev–Trinajstić information content (AvgIpc) is 2.63. The number of likely N-dealkylation sites (N-methyl/N-ethyl adjacent to an activating group) is 1. The number of nitrogens with one attached hydrogen (secondary N) is 1. The Morgan fingerprint density at radius 3 is 2.72 bits per heavy atom. The van der Waals surface area contributed by atoms with Crippen LogP contribution in [0.2, 0.25) is 0 Å². The Kier molecular flexibility index (Phi) is 5.50. The molecule has 2 aliphatic heterocycles. The second kappa shape index (κ2) is 7.79. The zero-order chi connectivity index (χ0) is 17.8. The Bertz CT molecular complexity index is 630. The van der Waals surface area contributed by atoms with Crippen molar-refractivity contribution in [2.75, 3.05) is 63.1 Å². The first kappa shape index (κ1) is 17.6. The molecule has 1 aromatic rings. The Hall–Kier alpha value is -2.19. The molecule has 0 spiro atoms. The zero-order valence-corrected chi connectivity index (χ0v) is 14.8. The fraction of sp³-hybridized carbons (Fsp3) is 0.588. The van der Waals surface area contributed by atoms with Crippen LogP contribution in [0.15, 0.2) is 18.5 Å². The Morgan fingerprint density at radius 1 is 1.24 bits per heavy atom. The summed E-state index contributed by atoms with van der Waals surface area (Å²) in [5.41, 5.74) is 1.65. The minimum atomic E-state index is -0.654. The number of carbonyl (C=O) groups excluding carboxylic acids is 2. The highest BCUT2D eigenvalue weighted by Crippen LogP contribution is 2.26. The lowest BCUT2D eigenvalue weighted by molar-refractivity contribution is -0.143. The number of piperazine rings is 1. The smallest absolute Gasteiger partial charge is 0.255 e. The lowest BCUT2D eigenvalue weighted by atomic mass is 10.2. The number of aromatic nitrogens is 1. The molecule has 0 aromatic carbocycles. The van der Waals surface area contributed by atoms with Gasteiger partial charge in [0.25, 0.3) is 5.91 Å². The van der Waals surface area contributed by atoms with Gasteiger partial charge in [0.2, 0.25) is 5.91 Å². The van der Waals surface area contributed by atoms with E-state index in [0.717, 1.165) is 31.9 Å². The molecular formula is C17H25N5O3. The number of carbonyl (C=O) groups is 2. The van der Waals surface area contributed by atoms with Gasteiger partial charge in [-0.25, -0.2) is 0 Å². The monoisotopic (exact) mass is 347 g/mol. The molecule has 8 heteroatoms. The van der Waals surface area contributed by atoms with Gasteiger partial charge < -0.3 is 24.8 Å². The maximum Gasteiger partial charge on any atom is 0.255 e. The van der Waals surface area contributed by atoms with Gasteiger partial charge in [0.15, 0.2) is 6.10 Å². The Labute approximate surface area is 147 Å². The standard InChI is InChI=1S/C17H25N5O3/c1-13(23)22-9-10-25-16(12-22)17(24)19-14-11-18-4-3-15(14)21-7-5-20(2)6-8-21/h3-4,11,16H,5-10,12H2,1-2H3,(H,19,24)/t16-/m0/s1. The van der Waals surface area contributed by atoms with E-state index in [0.29, 0.717) is 18.8 Å². The molecule has 0 saturated carbocycles. The van der Waals surface area contributed by atoms with E-state index in [-0.39, 0.29) is 18.4 Å². The van der Waals surface area contributed by atoms with Crippen molar-refractivity contribution in [3.8, 4) is 0 Å². The van der Waals surface area contributed by atoms with Crippen molar-refractivity contribution in [2.45, 2.75) is 13.0 Å². The van der Waals surface area contributed by atoms with Crippen LogP contribution in [0.4, 0.5) is 11.4 Å². The van der Waals surface area contributed by atoms with Crippen LogP contribution in [0, 0.1) is 0 Å². The van der Waals surface area contributed by atoms with E-state index in [1.54, 1.807) is 17.3 Å². The van der Waals surface area contributed by atoms with E-state index < -0.39 is 6.10 Å². The van der Waals surface area contributed by atoms with Gasteiger partial charge in [0.05, 0.1) is 30.7 Å². The number of rotatable bonds is 3. The van der Waals surface area contributed by atoms with Gasteiger partial charge in [-0.3, -0.25) is 14.6 Å². The van der Waals surface area contributed by atoms with Crippen molar-refractivity contribution in [1.29, 1.82) is 0 Å². The number of ether oxygens (including phenoxy) is 1. The Morgan fingerprint density at radius 2 is 2.00 bits per heavy atom. The minimum absolute atomic E-state index is 0.0411. The fourth-order valence-corrected chi connectivity index (χ4v) is 3.11. The summed E-state index contributed by atoms with van der Waals surface area (Å²) >= 11 is 0. The molecule has 0 unspecified atom stereocenters. The van der Waals surface area contributed by atoms with Gasteiger partial charge in [-0.2, -0.15) is 0 Å². The van der Waals surface area contributed by atoms with Gasteiger partial charge in [0, 0.05) is 45.8 Å². The Balaban J connectivity index is 1.68. The fourth-order valence-electron chi connectivity index (χ4n) is 3.11. The van der Waals surface area contributed by atoms with Gasteiger partial charge in [-0.15, -0.1) is 0 Å². The van der Waals surface area contributed by atoms with Crippen LogP contribution in [0.1, 0.15) is 6.92 Å². The van der Waals surface area contributed by atoms with Crippen LogP contribution in [-0.2, 0) is 14.3 Å². The number of nitrogens with zero attached hydrogens (tertiary/aromatic N) is 4. The minimum Gasteiger partial charge on any atom is -0.367 e. The molecule has 0 aliphatic carbocycles. The topological polar surface area (TPSA) is 78.0 Å². The second-order valence-corrected chi connectivity index (χ2v) is 6.50. The van der Waals surface area contributed by atoms with Crippen LogP contribution in [0.3, 0.4) is 0 Å². The van der Waals surface area contributed by atoms with Crippen LogP contribution in [0.25, 0.3) is 0 Å². The number of pyridine rings is 1. The predicted molar refractivity (Wildman–Crippen MR) is 94.6 cm³/mol. The van der Waals surface area contributed by atoms with Gasteiger partial charge in [-0.1, -0.05) is 0 Å². The maximum absolute atomic E-state index is 12.6. The number of hydrogen-bond acceptors (Lipinski definition) is 6. The van der Waals surface area contributed by atoms with Crippen molar-refractivity contribution in [3.63, 3.8) is 0 Å². The molecule has 3 rings (SSSR count). The second-order valence-electron chi connectivity index (χ2n) is 6.50. The van der Waals surface area contributed by atoms with Gasteiger partial charge in [0.1, 0.15) is 0 Å². The van der Waals surface area contributed by atoms with Gasteiger partial charge >= 0.3 is 0 Å².